The fourth-order valence-electron chi connectivity index (χ4n) is 2.20. The van der Waals surface area contributed by atoms with Crippen LogP contribution in [-0.4, -0.2) is 39.1 Å². The first-order valence-corrected chi connectivity index (χ1v) is 5.95. The summed E-state index contributed by atoms with van der Waals surface area (Å²) >= 11 is 0. The van der Waals surface area contributed by atoms with E-state index >= 15 is 0 Å². The van der Waals surface area contributed by atoms with Crippen molar-refractivity contribution in [3.05, 3.63) is 12.2 Å². The molecule has 2 atom stereocenters. The molecular weight excluding hydrogens is 204 g/mol. The van der Waals surface area contributed by atoms with Crippen LogP contribution in [-0.2, 0) is 6.42 Å². The largest absolute Gasteiger partial charge is 0.393 e. The highest BCUT2D eigenvalue weighted by molar-refractivity contribution is 4.92. The van der Waals surface area contributed by atoms with Crippen molar-refractivity contribution in [3.63, 3.8) is 0 Å². The lowest BCUT2D eigenvalue weighted by Gasteiger charge is -2.28. The van der Waals surface area contributed by atoms with Crippen molar-refractivity contribution in [2.45, 2.75) is 38.8 Å². The summed E-state index contributed by atoms with van der Waals surface area (Å²) in [6.45, 7) is 5.96. The highest BCUT2D eigenvalue weighted by Crippen LogP contribution is 2.17. The molecule has 0 amide bonds. The molecule has 2 unspecified atom stereocenters. The average Bonchev–Trinajstić information content (AvgIpc) is 2.69. The van der Waals surface area contributed by atoms with Crippen molar-refractivity contribution < 1.29 is 5.11 Å². The van der Waals surface area contributed by atoms with E-state index in [4.69, 9.17) is 0 Å². The van der Waals surface area contributed by atoms with Gasteiger partial charge < -0.3 is 10.4 Å². The summed E-state index contributed by atoms with van der Waals surface area (Å²) in [7, 11) is 0. The Bertz CT molecular complexity index is 336. The predicted molar refractivity (Wildman–Crippen MR) is 61.1 cm³/mol. The summed E-state index contributed by atoms with van der Waals surface area (Å²) < 4.78 is 1.93. The van der Waals surface area contributed by atoms with Gasteiger partial charge in [0.15, 0.2) is 0 Å². The highest BCUT2D eigenvalue weighted by Gasteiger charge is 2.25. The van der Waals surface area contributed by atoms with Crippen LogP contribution in [0.5, 0.6) is 0 Å². The fourth-order valence-corrected chi connectivity index (χ4v) is 2.20. The summed E-state index contributed by atoms with van der Waals surface area (Å²) in [5.74, 6) is 1.23. The van der Waals surface area contributed by atoms with E-state index in [0.29, 0.717) is 6.04 Å². The zero-order valence-electron chi connectivity index (χ0n) is 9.93. The number of nitrogens with zero attached hydrogens (tertiary/aromatic N) is 3. The number of rotatable bonds is 3. The molecular formula is C11H20N4O. The zero-order chi connectivity index (χ0) is 11.5. The lowest BCUT2D eigenvalue weighted by Crippen LogP contribution is -2.41. The van der Waals surface area contributed by atoms with Crippen LogP contribution in [0.2, 0.25) is 0 Å². The van der Waals surface area contributed by atoms with E-state index in [2.05, 4.69) is 29.2 Å². The molecule has 90 valence electrons. The van der Waals surface area contributed by atoms with Crippen LogP contribution < -0.4 is 5.32 Å². The van der Waals surface area contributed by atoms with E-state index in [1.54, 1.807) is 6.33 Å². The first-order valence-electron chi connectivity index (χ1n) is 5.95. The Morgan fingerprint density at radius 2 is 2.44 bits per heavy atom. The van der Waals surface area contributed by atoms with E-state index in [1.807, 2.05) is 4.68 Å². The van der Waals surface area contributed by atoms with E-state index in [1.165, 1.54) is 0 Å². The van der Waals surface area contributed by atoms with Gasteiger partial charge in [-0.1, -0.05) is 0 Å². The maximum atomic E-state index is 9.90. The van der Waals surface area contributed by atoms with Crippen molar-refractivity contribution in [1.82, 2.24) is 20.1 Å². The molecule has 5 heteroatoms. The smallest absolute Gasteiger partial charge is 0.138 e. The summed E-state index contributed by atoms with van der Waals surface area (Å²) in [5, 5.41) is 17.4. The minimum absolute atomic E-state index is 0.210. The van der Waals surface area contributed by atoms with Gasteiger partial charge >= 0.3 is 0 Å². The van der Waals surface area contributed by atoms with Crippen molar-refractivity contribution in [1.29, 1.82) is 0 Å². The van der Waals surface area contributed by atoms with Crippen molar-refractivity contribution in [2.75, 3.05) is 13.1 Å². The average molecular weight is 224 g/mol. The molecule has 1 aromatic rings. The second kappa shape index (κ2) is 4.93. The maximum Gasteiger partial charge on any atom is 0.138 e. The Morgan fingerprint density at radius 1 is 1.62 bits per heavy atom. The number of hydrogen-bond donors (Lipinski definition) is 2. The maximum absolute atomic E-state index is 9.90. The summed E-state index contributed by atoms with van der Waals surface area (Å²) in [4.78, 5) is 4.28. The molecule has 0 radical (unpaired) electrons. The first kappa shape index (κ1) is 11.5. The minimum Gasteiger partial charge on any atom is -0.393 e. The van der Waals surface area contributed by atoms with Crippen molar-refractivity contribution in [2.24, 2.45) is 5.92 Å². The number of aromatic nitrogens is 3. The highest BCUT2D eigenvalue weighted by atomic mass is 16.3. The quantitative estimate of drug-likeness (QED) is 0.779. The van der Waals surface area contributed by atoms with E-state index in [0.717, 1.165) is 31.8 Å². The second-order valence-corrected chi connectivity index (χ2v) is 4.74. The lowest BCUT2D eigenvalue weighted by molar-refractivity contribution is 0.0773. The van der Waals surface area contributed by atoms with E-state index in [-0.39, 0.29) is 12.0 Å². The molecule has 2 rings (SSSR count). The molecule has 1 aromatic heterocycles. The third kappa shape index (κ3) is 2.41. The van der Waals surface area contributed by atoms with Gasteiger partial charge in [0.05, 0.1) is 6.10 Å². The number of aliphatic hydroxyl groups excluding tert-OH is 1. The molecule has 16 heavy (non-hydrogen) atoms. The van der Waals surface area contributed by atoms with Gasteiger partial charge in [0.2, 0.25) is 0 Å². The van der Waals surface area contributed by atoms with Crippen LogP contribution in [0.4, 0.5) is 0 Å². The van der Waals surface area contributed by atoms with Crippen LogP contribution in [0.15, 0.2) is 6.33 Å². The van der Waals surface area contributed by atoms with Gasteiger partial charge in [0, 0.05) is 24.9 Å². The minimum atomic E-state index is -0.210. The lowest BCUT2D eigenvalue weighted by atomic mass is 9.92. The Hall–Kier alpha value is -0.940. The number of aliphatic hydroxyl groups is 1. The zero-order valence-corrected chi connectivity index (χ0v) is 9.93. The molecule has 0 spiro atoms. The molecule has 1 aliphatic heterocycles. The SMILES string of the molecule is CC(C)n1ncnc1CC1CNCCC1O. The van der Waals surface area contributed by atoms with Crippen LogP contribution in [0.1, 0.15) is 32.1 Å². The molecule has 0 aromatic carbocycles. The van der Waals surface area contributed by atoms with Crippen molar-refractivity contribution >= 4 is 0 Å². The van der Waals surface area contributed by atoms with Gasteiger partial charge in [0.1, 0.15) is 12.2 Å². The van der Waals surface area contributed by atoms with Crippen LogP contribution in [0.3, 0.4) is 0 Å². The third-order valence-electron chi connectivity index (χ3n) is 3.15. The summed E-state index contributed by atoms with van der Waals surface area (Å²) in [5.41, 5.74) is 0. The Morgan fingerprint density at radius 3 is 3.12 bits per heavy atom. The van der Waals surface area contributed by atoms with Gasteiger partial charge in [0.25, 0.3) is 0 Å². The molecule has 2 N–H and O–H groups in total. The Labute approximate surface area is 95.9 Å². The predicted octanol–water partition coefficient (Wildman–Crippen LogP) is 0.372. The van der Waals surface area contributed by atoms with Crippen LogP contribution in [0, 0.1) is 5.92 Å². The fraction of sp³-hybridized carbons (Fsp3) is 0.818. The van der Waals surface area contributed by atoms with Gasteiger partial charge in [-0.15, -0.1) is 0 Å². The molecule has 1 saturated heterocycles. The van der Waals surface area contributed by atoms with E-state index < -0.39 is 0 Å². The Kier molecular flexibility index (Phi) is 3.56. The monoisotopic (exact) mass is 224 g/mol. The Balaban J connectivity index is 2.04. The molecule has 0 aliphatic carbocycles. The summed E-state index contributed by atoms with van der Waals surface area (Å²) in [6, 6.07) is 0.325. The van der Waals surface area contributed by atoms with Gasteiger partial charge in [-0.2, -0.15) is 5.10 Å². The van der Waals surface area contributed by atoms with Crippen molar-refractivity contribution in [3.8, 4) is 0 Å². The molecule has 2 heterocycles. The van der Waals surface area contributed by atoms with Crippen LogP contribution in [0.25, 0.3) is 0 Å². The number of hydrogen-bond acceptors (Lipinski definition) is 4. The molecule has 0 bridgehead atoms. The molecule has 1 fully saturated rings. The number of piperidine rings is 1. The topological polar surface area (TPSA) is 63.0 Å². The van der Waals surface area contributed by atoms with Gasteiger partial charge in [-0.25, -0.2) is 9.67 Å². The third-order valence-corrected chi connectivity index (χ3v) is 3.15. The standard InChI is InChI=1S/C11H20N4O/c1-8(2)15-11(13-7-14-15)5-9-6-12-4-3-10(9)16/h7-10,12,16H,3-6H2,1-2H3. The second-order valence-electron chi connectivity index (χ2n) is 4.74. The van der Waals surface area contributed by atoms with E-state index in [9.17, 15) is 5.11 Å². The normalized spacial score (nSPS) is 26.2. The van der Waals surface area contributed by atoms with Gasteiger partial charge in [-0.05, 0) is 26.8 Å². The first-order chi connectivity index (χ1) is 7.68. The molecule has 0 saturated carbocycles. The van der Waals surface area contributed by atoms with Crippen LogP contribution >= 0.6 is 0 Å². The van der Waals surface area contributed by atoms with Gasteiger partial charge in [-0.3, -0.25) is 0 Å². The number of nitrogens with one attached hydrogen (secondary N) is 1. The molecule has 5 nitrogen and oxygen atoms in total. The molecule has 1 aliphatic rings. The summed E-state index contributed by atoms with van der Waals surface area (Å²) in [6.07, 6.45) is 3.02.